The molecular formula is C19H24BrNO2. The summed E-state index contributed by atoms with van der Waals surface area (Å²) in [5, 5.41) is 3.41. The first kappa shape index (κ1) is 17.8. The Morgan fingerprint density at radius 2 is 1.91 bits per heavy atom. The van der Waals surface area contributed by atoms with Crippen LogP contribution in [0.5, 0.6) is 11.5 Å². The van der Waals surface area contributed by atoms with E-state index < -0.39 is 0 Å². The maximum Gasteiger partial charge on any atom is 0.175 e. The molecule has 0 amide bonds. The molecule has 0 bridgehead atoms. The predicted molar refractivity (Wildman–Crippen MR) is 98.2 cm³/mol. The molecule has 2 aromatic carbocycles. The van der Waals surface area contributed by atoms with Crippen molar-refractivity contribution in [1.82, 2.24) is 5.32 Å². The Balaban J connectivity index is 2.14. The van der Waals surface area contributed by atoms with Crippen molar-refractivity contribution in [2.75, 3.05) is 7.11 Å². The molecule has 0 aliphatic heterocycles. The largest absolute Gasteiger partial charge is 0.493 e. The van der Waals surface area contributed by atoms with E-state index in [0.29, 0.717) is 12.6 Å². The third-order valence-corrected chi connectivity index (χ3v) is 4.06. The van der Waals surface area contributed by atoms with Crippen LogP contribution in [0.4, 0.5) is 0 Å². The van der Waals surface area contributed by atoms with E-state index in [9.17, 15) is 0 Å². The normalized spacial score (nSPS) is 10.9. The number of rotatable bonds is 7. The van der Waals surface area contributed by atoms with Gasteiger partial charge in [0.25, 0.3) is 0 Å². The summed E-state index contributed by atoms with van der Waals surface area (Å²) in [5.74, 6) is 1.48. The average Bonchev–Trinajstić information content (AvgIpc) is 2.51. The molecule has 0 saturated carbocycles. The highest BCUT2D eigenvalue weighted by molar-refractivity contribution is 9.10. The molecule has 0 spiro atoms. The van der Waals surface area contributed by atoms with Crippen LogP contribution in [-0.2, 0) is 13.2 Å². The van der Waals surface area contributed by atoms with Gasteiger partial charge >= 0.3 is 0 Å². The van der Waals surface area contributed by atoms with E-state index in [1.165, 1.54) is 5.56 Å². The maximum absolute atomic E-state index is 5.99. The fraction of sp³-hybridized carbons (Fsp3) is 0.368. The van der Waals surface area contributed by atoms with Crippen molar-refractivity contribution in [2.45, 2.75) is 40.0 Å². The van der Waals surface area contributed by atoms with E-state index in [2.05, 4.69) is 66.3 Å². The van der Waals surface area contributed by atoms with Crippen molar-refractivity contribution in [3.8, 4) is 11.5 Å². The van der Waals surface area contributed by atoms with E-state index in [1.807, 2.05) is 12.1 Å². The Labute approximate surface area is 147 Å². The minimum atomic E-state index is 0.442. The lowest BCUT2D eigenvalue weighted by Gasteiger charge is -2.15. The van der Waals surface area contributed by atoms with Crippen LogP contribution >= 0.6 is 15.9 Å². The van der Waals surface area contributed by atoms with Crippen molar-refractivity contribution < 1.29 is 9.47 Å². The Bertz CT molecular complexity index is 656. The number of nitrogens with one attached hydrogen (secondary N) is 1. The Hall–Kier alpha value is -1.52. The van der Waals surface area contributed by atoms with Crippen LogP contribution in [-0.4, -0.2) is 13.2 Å². The number of benzene rings is 2. The molecule has 4 heteroatoms. The summed E-state index contributed by atoms with van der Waals surface area (Å²) in [6.07, 6.45) is 0. The number of aryl methyl sites for hydroxylation is 1. The smallest absolute Gasteiger partial charge is 0.175 e. The van der Waals surface area contributed by atoms with Gasteiger partial charge in [0.15, 0.2) is 11.5 Å². The third kappa shape index (κ3) is 5.26. The van der Waals surface area contributed by atoms with Crippen molar-refractivity contribution in [1.29, 1.82) is 0 Å². The van der Waals surface area contributed by atoms with Crippen molar-refractivity contribution in [3.05, 3.63) is 57.6 Å². The molecular weight excluding hydrogens is 354 g/mol. The van der Waals surface area contributed by atoms with Gasteiger partial charge < -0.3 is 14.8 Å². The van der Waals surface area contributed by atoms with Gasteiger partial charge in [-0.3, -0.25) is 0 Å². The average molecular weight is 378 g/mol. The van der Waals surface area contributed by atoms with Crippen LogP contribution in [0.1, 0.15) is 30.5 Å². The molecule has 2 rings (SSSR count). The van der Waals surface area contributed by atoms with Gasteiger partial charge in [0.05, 0.1) is 11.6 Å². The second-order valence-corrected chi connectivity index (χ2v) is 6.78. The molecule has 0 aliphatic carbocycles. The van der Waals surface area contributed by atoms with Gasteiger partial charge in [-0.2, -0.15) is 0 Å². The van der Waals surface area contributed by atoms with Gasteiger partial charge in [-0.15, -0.1) is 0 Å². The highest BCUT2D eigenvalue weighted by Crippen LogP contribution is 2.37. The topological polar surface area (TPSA) is 30.5 Å². The summed E-state index contributed by atoms with van der Waals surface area (Å²) >= 11 is 3.60. The zero-order chi connectivity index (χ0) is 16.8. The molecule has 0 atom stereocenters. The van der Waals surface area contributed by atoms with Crippen molar-refractivity contribution in [3.63, 3.8) is 0 Å². The zero-order valence-electron chi connectivity index (χ0n) is 14.2. The minimum Gasteiger partial charge on any atom is -0.493 e. The number of hydrogen-bond donors (Lipinski definition) is 1. The van der Waals surface area contributed by atoms with Gasteiger partial charge in [0.2, 0.25) is 0 Å². The van der Waals surface area contributed by atoms with E-state index >= 15 is 0 Å². The van der Waals surface area contributed by atoms with E-state index in [4.69, 9.17) is 9.47 Å². The molecule has 124 valence electrons. The van der Waals surface area contributed by atoms with Crippen LogP contribution < -0.4 is 14.8 Å². The molecule has 0 unspecified atom stereocenters. The molecule has 0 radical (unpaired) electrons. The lowest BCUT2D eigenvalue weighted by Crippen LogP contribution is -2.21. The Kier molecular flexibility index (Phi) is 6.48. The monoisotopic (exact) mass is 377 g/mol. The molecule has 0 aliphatic rings. The van der Waals surface area contributed by atoms with Crippen molar-refractivity contribution in [2.24, 2.45) is 0 Å². The van der Waals surface area contributed by atoms with Crippen LogP contribution in [0.2, 0.25) is 0 Å². The summed E-state index contributed by atoms with van der Waals surface area (Å²) in [7, 11) is 1.67. The van der Waals surface area contributed by atoms with Crippen LogP contribution in [0.15, 0.2) is 40.9 Å². The number of ether oxygens (including phenoxy) is 2. The fourth-order valence-electron chi connectivity index (χ4n) is 2.29. The molecule has 23 heavy (non-hydrogen) atoms. The second kappa shape index (κ2) is 8.37. The van der Waals surface area contributed by atoms with Crippen LogP contribution in [0.3, 0.4) is 0 Å². The van der Waals surface area contributed by atoms with Crippen LogP contribution in [0.25, 0.3) is 0 Å². The summed E-state index contributed by atoms with van der Waals surface area (Å²) in [4.78, 5) is 0. The highest BCUT2D eigenvalue weighted by Gasteiger charge is 2.12. The van der Waals surface area contributed by atoms with Gasteiger partial charge in [0, 0.05) is 12.6 Å². The predicted octanol–water partition coefficient (Wildman–Crippen LogP) is 4.84. The molecule has 1 N–H and O–H groups in total. The SMILES string of the molecule is COc1cc(CNC(C)C)cc(Br)c1OCc1cccc(C)c1. The highest BCUT2D eigenvalue weighted by atomic mass is 79.9. The van der Waals surface area contributed by atoms with E-state index in [0.717, 1.165) is 33.6 Å². The first-order valence-corrected chi connectivity index (χ1v) is 8.57. The minimum absolute atomic E-state index is 0.442. The lowest BCUT2D eigenvalue weighted by atomic mass is 10.1. The zero-order valence-corrected chi connectivity index (χ0v) is 15.7. The Morgan fingerprint density at radius 1 is 1.13 bits per heavy atom. The molecule has 0 saturated heterocycles. The van der Waals surface area contributed by atoms with E-state index in [-0.39, 0.29) is 0 Å². The molecule has 0 heterocycles. The van der Waals surface area contributed by atoms with E-state index in [1.54, 1.807) is 7.11 Å². The van der Waals surface area contributed by atoms with Gasteiger partial charge in [-0.25, -0.2) is 0 Å². The quantitative estimate of drug-likeness (QED) is 0.748. The summed E-state index contributed by atoms with van der Waals surface area (Å²) in [6, 6.07) is 12.8. The Morgan fingerprint density at radius 3 is 2.57 bits per heavy atom. The number of methoxy groups -OCH3 is 1. The second-order valence-electron chi connectivity index (χ2n) is 5.92. The summed E-state index contributed by atoms with van der Waals surface area (Å²) in [5.41, 5.74) is 3.53. The maximum atomic E-state index is 5.99. The van der Waals surface area contributed by atoms with Gasteiger partial charge in [-0.05, 0) is 46.1 Å². The van der Waals surface area contributed by atoms with Crippen molar-refractivity contribution >= 4 is 15.9 Å². The standard InChI is InChI=1S/C19H24BrNO2/c1-13(2)21-11-16-9-17(20)19(18(10-16)22-4)23-12-15-7-5-6-14(3)8-15/h5-10,13,21H,11-12H2,1-4H3. The van der Waals surface area contributed by atoms with Gasteiger partial charge in [-0.1, -0.05) is 43.7 Å². The first-order chi connectivity index (χ1) is 11.0. The number of hydrogen-bond acceptors (Lipinski definition) is 3. The lowest BCUT2D eigenvalue weighted by molar-refractivity contribution is 0.282. The van der Waals surface area contributed by atoms with Crippen LogP contribution in [0, 0.1) is 6.92 Å². The third-order valence-electron chi connectivity index (χ3n) is 3.47. The molecule has 0 aromatic heterocycles. The van der Waals surface area contributed by atoms with Gasteiger partial charge in [0.1, 0.15) is 6.61 Å². The molecule has 0 fully saturated rings. The summed E-state index contributed by atoms with van der Waals surface area (Å²) < 4.78 is 12.4. The molecule has 2 aromatic rings. The number of halogens is 1. The first-order valence-electron chi connectivity index (χ1n) is 7.77. The molecule has 3 nitrogen and oxygen atoms in total. The summed E-state index contributed by atoms with van der Waals surface area (Å²) in [6.45, 7) is 7.65. The fourth-order valence-corrected chi connectivity index (χ4v) is 2.90.